The molecule has 2 aromatic carbocycles. The molecular formula is C30H32N6O. The van der Waals surface area contributed by atoms with Crippen LogP contribution < -0.4 is 15.4 Å². The number of aromatic amines is 1. The van der Waals surface area contributed by atoms with Gasteiger partial charge in [-0.2, -0.15) is 0 Å². The Bertz CT molecular complexity index is 1490. The van der Waals surface area contributed by atoms with Crippen LogP contribution in [0, 0.1) is 0 Å². The minimum atomic E-state index is -0.0565. The Morgan fingerprint density at radius 2 is 1.73 bits per heavy atom. The number of imidazole rings is 1. The van der Waals surface area contributed by atoms with Crippen molar-refractivity contribution >= 4 is 22.7 Å². The van der Waals surface area contributed by atoms with Crippen LogP contribution in [-0.2, 0) is 12.0 Å². The molecule has 37 heavy (non-hydrogen) atoms. The second-order valence-electron chi connectivity index (χ2n) is 10.1. The third kappa shape index (κ3) is 5.78. The third-order valence-corrected chi connectivity index (χ3v) is 6.25. The highest BCUT2D eigenvalue weighted by Gasteiger charge is 2.20. The maximum Gasteiger partial charge on any atom is 0.243 e. The Hall–Kier alpha value is -4.23. The number of nitrogens with zero attached hydrogens (tertiary/aromatic N) is 3. The molecule has 3 heterocycles. The van der Waals surface area contributed by atoms with Crippen molar-refractivity contribution in [2.24, 2.45) is 0 Å². The van der Waals surface area contributed by atoms with Crippen LogP contribution in [0.3, 0.4) is 0 Å². The molecule has 7 nitrogen and oxygen atoms in total. The number of H-pyrrole nitrogens is 1. The zero-order valence-corrected chi connectivity index (χ0v) is 21.6. The fraction of sp³-hybridized carbons (Fsp3) is 0.233. The first-order chi connectivity index (χ1) is 17.9. The number of anilines is 2. The number of pyridine rings is 2. The summed E-state index contributed by atoms with van der Waals surface area (Å²) in [5.74, 6) is 1.91. The first-order valence-electron chi connectivity index (χ1n) is 12.5. The highest BCUT2D eigenvalue weighted by Crippen LogP contribution is 2.36. The van der Waals surface area contributed by atoms with Gasteiger partial charge in [0.25, 0.3) is 0 Å². The molecule has 3 N–H and O–H groups in total. The number of benzene rings is 2. The summed E-state index contributed by atoms with van der Waals surface area (Å²) in [5.41, 5.74) is 5.82. The van der Waals surface area contributed by atoms with Gasteiger partial charge in [-0.05, 0) is 60.4 Å². The van der Waals surface area contributed by atoms with Crippen LogP contribution >= 0.6 is 0 Å². The van der Waals surface area contributed by atoms with Crippen LogP contribution in [0.1, 0.15) is 50.6 Å². The van der Waals surface area contributed by atoms with E-state index in [1.54, 1.807) is 6.20 Å². The minimum Gasteiger partial charge on any atom is -0.437 e. The smallest absolute Gasteiger partial charge is 0.243 e. The Morgan fingerprint density at radius 1 is 0.919 bits per heavy atom. The van der Waals surface area contributed by atoms with Gasteiger partial charge in [0.1, 0.15) is 11.4 Å². The molecule has 0 bridgehead atoms. The molecule has 0 saturated heterocycles. The molecule has 0 fully saturated rings. The number of aromatic nitrogens is 4. The predicted molar refractivity (Wildman–Crippen MR) is 148 cm³/mol. The number of para-hydroxylation sites is 1. The second-order valence-corrected chi connectivity index (χ2v) is 10.1. The molecule has 5 rings (SSSR count). The highest BCUT2D eigenvalue weighted by atomic mass is 16.5. The van der Waals surface area contributed by atoms with Crippen LogP contribution in [0.15, 0.2) is 85.2 Å². The average Bonchev–Trinajstić information content (AvgIpc) is 3.30. The fourth-order valence-electron chi connectivity index (χ4n) is 4.21. The standard InChI is InChI=1S/C30H32N6O/c1-20(33-19-22-10-7-8-16-31-22)21-14-15-24-26(18-21)36-29(34-24)35-25-12-9-17-32-28(25)37-27-13-6-5-11-23(27)30(2,3)4/h5-18,20,33H,19H2,1-4H3,(H2,34,35,36). The normalized spacial score (nSPS) is 12.4. The zero-order chi connectivity index (χ0) is 25.8. The lowest BCUT2D eigenvalue weighted by Crippen LogP contribution is -2.18. The van der Waals surface area contributed by atoms with Crippen molar-refractivity contribution in [1.82, 2.24) is 25.3 Å². The molecule has 188 valence electrons. The van der Waals surface area contributed by atoms with E-state index in [9.17, 15) is 0 Å². The molecule has 7 heteroatoms. The van der Waals surface area contributed by atoms with Gasteiger partial charge in [-0.25, -0.2) is 9.97 Å². The van der Waals surface area contributed by atoms with Gasteiger partial charge in [-0.1, -0.05) is 51.1 Å². The van der Waals surface area contributed by atoms with Crippen molar-refractivity contribution in [3.63, 3.8) is 0 Å². The Kier molecular flexibility index (Phi) is 6.88. The molecule has 0 saturated carbocycles. The predicted octanol–water partition coefficient (Wildman–Crippen LogP) is 7.04. The SMILES string of the molecule is CC(NCc1ccccn1)c1ccc2nc(Nc3cccnc3Oc3ccccc3C(C)(C)C)[nH]c2c1. The summed E-state index contributed by atoms with van der Waals surface area (Å²) in [6.45, 7) is 9.37. The highest BCUT2D eigenvalue weighted by molar-refractivity contribution is 5.79. The number of hydrogen-bond acceptors (Lipinski definition) is 6. The van der Waals surface area contributed by atoms with E-state index in [1.165, 1.54) is 5.56 Å². The molecule has 0 radical (unpaired) electrons. The number of nitrogens with one attached hydrogen (secondary N) is 3. The van der Waals surface area contributed by atoms with Gasteiger partial charge < -0.3 is 20.4 Å². The van der Waals surface area contributed by atoms with Crippen molar-refractivity contribution < 1.29 is 4.74 Å². The van der Waals surface area contributed by atoms with E-state index in [1.807, 2.05) is 60.8 Å². The molecule has 5 aromatic rings. The molecule has 0 aliphatic rings. The summed E-state index contributed by atoms with van der Waals surface area (Å²) in [4.78, 5) is 17.0. The maximum atomic E-state index is 6.30. The van der Waals surface area contributed by atoms with E-state index in [4.69, 9.17) is 9.72 Å². The first-order valence-corrected chi connectivity index (χ1v) is 12.5. The quantitative estimate of drug-likeness (QED) is 0.215. The minimum absolute atomic E-state index is 0.0565. The van der Waals surface area contributed by atoms with Crippen LogP contribution in [-0.4, -0.2) is 19.9 Å². The summed E-state index contributed by atoms with van der Waals surface area (Å²) < 4.78 is 6.30. The van der Waals surface area contributed by atoms with E-state index in [-0.39, 0.29) is 11.5 Å². The summed E-state index contributed by atoms with van der Waals surface area (Å²) in [7, 11) is 0. The van der Waals surface area contributed by atoms with Crippen molar-refractivity contribution in [3.8, 4) is 11.6 Å². The lowest BCUT2D eigenvalue weighted by Gasteiger charge is -2.22. The van der Waals surface area contributed by atoms with Crippen LogP contribution in [0.25, 0.3) is 11.0 Å². The van der Waals surface area contributed by atoms with Gasteiger partial charge in [-0.3, -0.25) is 4.98 Å². The van der Waals surface area contributed by atoms with Crippen molar-refractivity contribution in [2.75, 3.05) is 5.32 Å². The first kappa shape index (κ1) is 24.5. The van der Waals surface area contributed by atoms with Crippen molar-refractivity contribution in [1.29, 1.82) is 0 Å². The number of hydrogen-bond donors (Lipinski definition) is 3. The van der Waals surface area contributed by atoms with Crippen molar-refractivity contribution in [2.45, 2.75) is 45.7 Å². The molecular weight excluding hydrogens is 460 g/mol. The Balaban J connectivity index is 1.34. The summed E-state index contributed by atoms with van der Waals surface area (Å²) in [6, 6.07) is 24.3. The second kappa shape index (κ2) is 10.4. The molecule has 0 amide bonds. The number of ether oxygens (including phenoxy) is 1. The van der Waals surface area contributed by atoms with Gasteiger partial charge in [0.05, 0.1) is 16.7 Å². The maximum absolute atomic E-state index is 6.30. The molecule has 3 aromatic heterocycles. The molecule has 1 unspecified atom stereocenters. The number of fused-ring (bicyclic) bond motifs is 1. The molecule has 1 atom stereocenters. The molecule has 0 spiro atoms. The van der Waals surface area contributed by atoms with E-state index in [2.05, 4.69) is 71.5 Å². The van der Waals surface area contributed by atoms with Crippen LogP contribution in [0.2, 0.25) is 0 Å². The molecule has 0 aliphatic carbocycles. The van der Waals surface area contributed by atoms with E-state index in [0.29, 0.717) is 18.4 Å². The van der Waals surface area contributed by atoms with Crippen LogP contribution in [0.4, 0.5) is 11.6 Å². The summed E-state index contributed by atoms with van der Waals surface area (Å²) >= 11 is 0. The van der Waals surface area contributed by atoms with Gasteiger partial charge in [0.2, 0.25) is 11.8 Å². The van der Waals surface area contributed by atoms with E-state index < -0.39 is 0 Å². The topological polar surface area (TPSA) is 87.8 Å². The average molecular weight is 493 g/mol. The lowest BCUT2D eigenvalue weighted by atomic mass is 9.86. The van der Waals surface area contributed by atoms with E-state index in [0.717, 1.165) is 33.7 Å². The summed E-state index contributed by atoms with van der Waals surface area (Å²) in [6.07, 6.45) is 3.54. The van der Waals surface area contributed by atoms with Gasteiger partial charge in [-0.15, -0.1) is 0 Å². The lowest BCUT2D eigenvalue weighted by molar-refractivity contribution is 0.442. The Morgan fingerprint density at radius 3 is 2.54 bits per heavy atom. The van der Waals surface area contributed by atoms with Crippen molar-refractivity contribution in [3.05, 3.63) is 102 Å². The zero-order valence-electron chi connectivity index (χ0n) is 21.6. The third-order valence-electron chi connectivity index (χ3n) is 6.25. The van der Waals surface area contributed by atoms with E-state index >= 15 is 0 Å². The summed E-state index contributed by atoms with van der Waals surface area (Å²) in [5, 5.41) is 6.89. The number of rotatable bonds is 8. The Labute approximate surface area is 217 Å². The van der Waals surface area contributed by atoms with Crippen LogP contribution in [0.5, 0.6) is 11.6 Å². The largest absolute Gasteiger partial charge is 0.437 e. The van der Waals surface area contributed by atoms with Gasteiger partial charge >= 0.3 is 0 Å². The van der Waals surface area contributed by atoms with Gasteiger partial charge in [0.15, 0.2) is 0 Å². The van der Waals surface area contributed by atoms with Gasteiger partial charge in [0, 0.05) is 30.5 Å². The fourth-order valence-corrected chi connectivity index (χ4v) is 4.21. The molecule has 0 aliphatic heterocycles. The monoisotopic (exact) mass is 492 g/mol.